The molecule has 110 valence electrons. The summed E-state index contributed by atoms with van der Waals surface area (Å²) in [5.74, 6) is 0.361. The molecular weight excluding hydrogens is 264 g/mol. The van der Waals surface area contributed by atoms with Gasteiger partial charge in [-0.15, -0.1) is 0 Å². The Hall–Kier alpha value is -1.97. The average Bonchev–Trinajstić information content (AvgIpc) is 2.61. The highest BCUT2D eigenvalue weighted by molar-refractivity contribution is 6.11. The third-order valence-electron chi connectivity index (χ3n) is 5.54. The molecule has 2 aliphatic rings. The van der Waals surface area contributed by atoms with Crippen molar-refractivity contribution >= 4 is 17.6 Å². The standard InChI is InChI=1S/C17H20N2O2/c1-16(2)12-9-10-17(16,3)15(21)19-13(12)18-14(20)11-7-5-4-6-8-11/h4-8,12H,9-10H2,1-3H3,(H,18,19,20,21)/t12-,17+/m1/s1. The van der Waals surface area contributed by atoms with Gasteiger partial charge in [-0.3, -0.25) is 9.59 Å². The van der Waals surface area contributed by atoms with E-state index in [2.05, 4.69) is 24.2 Å². The van der Waals surface area contributed by atoms with Gasteiger partial charge in [0, 0.05) is 11.5 Å². The van der Waals surface area contributed by atoms with Gasteiger partial charge in [0.15, 0.2) is 0 Å². The Labute approximate surface area is 124 Å². The number of nitrogens with one attached hydrogen (secondary N) is 1. The van der Waals surface area contributed by atoms with Crippen LogP contribution in [-0.4, -0.2) is 17.6 Å². The van der Waals surface area contributed by atoms with E-state index in [1.807, 2.05) is 25.1 Å². The van der Waals surface area contributed by atoms with E-state index in [0.717, 1.165) is 12.8 Å². The molecule has 2 atom stereocenters. The highest BCUT2D eigenvalue weighted by Gasteiger charge is 2.60. The predicted molar refractivity (Wildman–Crippen MR) is 81.0 cm³/mol. The second kappa shape index (κ2) is 4.52. The summed E-state index contributed by atoms with van der Waals surface area (Å²) in [6.07, 6.45) is 1.73. The Morgan fingerprint density at radius 2 is 1.90 bits per heavy atom. The summed E-state index contributed by atoms with van der Waals surface area (Å²) in [5, 5.41) is 2.87. The largest absolute Gasteiger partial charge is 0.313 e. The molecule has 4 heteroatoms. The third kappa shape index (κ3) is 1.93. The fourth-order valence-corrected chi connectivity index (χ4v) is 3.59. The van der Waals surface area contributed by atoms with Crippen LogP contribution in [0.1, 0.15) is 44.0 Å². The quantitative estimate of drug-likeness (QED) is 0.862. The number of hydrogen-bond donors (Lipinski definition) is 1. The van der Waals surface area contributed by atoms with Crippen molar-refractivity contribution < 1.29 is 9.59 Å². The Kier molecular flexibility index (Phi) is 3.01. The minimum Gasteiger partial charge on any atom is -0.313 e. The molecule has 1 aliphatic heterocycles. The lowest BCUT2D eigenvalue weighted by molar-refractivity contribution is -0.135. The van der Waals surface area contributed by atoms with E-state index in [1.54, 1.807) is 12.1 Å². The first-order chi connectivity index (χ1) is 9.86. The molecule has 1 aromatic rings. The Morgan fingerprint density at radius 1 is 1.24 bits per heavy atom. The van der Waals surface area contributed by atoms with Crippen LogP contribution in [0.25, 0.3) is 0 Å². The molecule has 1 saturated carbocycles. The number of benzene rings is 1. The van der Waals surface area contributed by atoms with Crippen molar-refractivity contribution in [3.05, 3.63) is 35.9 Å². The molecule has 0 aromatic heterocycles. The SMILES string of the molecule is CC1(C)[C@@H]2CC[C@@]1(C)C(=O)NC2=NC(=O)c1ccccc1. The molecule has 0 radical (unpaired) electrons. The molecule has 2 amide bonds. The lowest BCUT2D eigenvalue weighted by Crippen LogP contribution is -2.57. The van der Waals surface area contributed by atoms with Crippen molar-refractivity contribution in [1.29, 1.82) is 0 Å². The van der Waals surface area contributed by atoms with E-state index >= 15 is 0 Å². The smallest absolute Gasteiger partial charge is 0.278 e. The summed E-state index contributed by atoms with van der Waals surface area (Å²) >= 11 is 0. The van der Waals surface area contributed by atoms with Crippen molar-refractivity contribution in [1.82, 2.24) is 5.32 Å². The van der Waals surface area contributed by atoms with Crippen LogP contribution < -0.4 is 5.32 Å². The number of piperidine rings is 1. The van der Waals surface area contributed by atoms with Crippen molar-refractivity contribution in [3.63, 3.8) is 0 Å². The minimum atomic E-state index is -0.369. The fourth-order valence-electron chi connectivity index (χ4n) is 3.59. The van der Waals surface area contributed by atoms with Crippen LogP contribution in [-0.2, 0) is 4.79 Å². The highest BCUT2D eigenvalue weighted by atomic mass is 16.2. The number of hydrogen-bond acceptors (Lipinski definition) is 2. The van der Waals surface area contributed by atoms with Gasteiger partial charge in [0.25, 0.3) is 5.91 Å². The van der Waals surface area contributed by atoms with Crippen LogP contribution in [0, 0.1) is 16.7 Å². The van der Waals surface area contributed by atoms with Gasteiger partial charge in [-0.25, -0.2) is 0 Å². The number of amidine groups is 1. The topological polar surface area (TPSA) is 58.5 Å². The van der Waals surface area contributed by atoms with Crippen LogP contribution in [0.4, 0.5) is 0 Å². The van der Waals surface area contributed by atoms with E-state index in [4.69, 9.17) is 0 Å². The number of nitrogens with zero attached hydrogens (tertiary/aromatic N) is 1. The molecule has 1 heterocycles. The van der Waals surface area contributed by atoms with Crippen LogP contribution in [0.15, 0.2) is 35.3 Å². The van der Waals surface area contributed by atoms with Gasteiger partial charge in [-0.05, 0) is 30.4 Å². The summed E-state index contributed by atoms with van der Waals surface area (Å²) in [7, 11) is 0. The number of fused-ring (bicyclic) bond motifs is 2. The lowest BCUT2D eigenvalue weighted by Gasteiger charge is -2.44. The molecule has 1 aromatic carbocycles. The number of aliphatic imine (C=N–C) groups is 1. The normalized spacial score (nSPS) is 32.0. The molecule has 1 N–H and O–H groups in total. The third-order valence-corrected chi connectivity index (χ3v) is 5.54. The van der Waals surface area contributed by atoms with Gasteiger partial charge >= 0.3 is 0 Å². The molecule has 1 aliphatic carbocycles. The summed E-state index contributed by atoms with van der Waals surface area (Å²) in [6.45, 7) is 6.22. The number of carbonyl (C=O) groups excluding carboxylic acids is 2. The lowest BCUT2D eigenvalue weighted by atomic mass is 9.63. The number of carbonyl (C=O) groups is 2. The van der Waals surface area contributed by atoms with E-state index in [0.29, 0.717) is 11.4 Å². The van der Waals surface area contributed by atoms with Gasteiger partial charge in [-0.1, -0.05) is 39.0 Å². The maximum Gasteiger partial charge on any atom is 0.278 e. The molecule has 21 heavy (non-hydrogen) atoms. The Morgan fingerprint density at radius 3 is 2.57 bits per heavy atom. The van der Waals surface area contributed by atoms with E-state index in [9.17, 15) is 9.59 Å². The van der Waals surface area contributed by atoms with Gasteiger partial charge in [0.2, 0.25) is 5.91 Å². The van der Waals surface area contributed by atoms with Crippen molar-refractivity contribution in [2.24, 2.45) is 21.7 Å². The molecule has 1 saturated heterocycles. The van der Waals surface area contributed by atoms with Crippen LogP contribution in [0.2, 0.25) is 0 Å². The fraction of sp³-hybridized carbons (Fsp3) is 0.471. The summed E-state index contributed by atoms with van der Waals surface area (Å²) < 4.78 is 0. The highest BCUT2D eigenvalue weighted by Crippen LogP contribution is 2.58. The van der Waals surface area contributed by atoms with Crippen LogP contribution >= 0.6 is 0 Å². The molecule has 2 fully saturated rings. The van der Waals surface area contributed by atoms with E-state index < -0.39 is 0 Å². The predicted octanol–water partition coefficient (Wildman–Crippen LogP) is 2.80. The van der Waals surface area contributed by atoms with Crippen LogP contribution in [0.5, 0.6) is 0 Å². The first-order valence-electron chi connectivity index (χ1n) is 7.36. The van der Waals surface area contributed by atoms with E-state index in [1.165, 1.54) is 0 Å². The van der Waals surface area contributed by atoms with Gasteiger partial charge in [-0.2, -0.15) is 4.99 Å². The zero-order valence-corrected chi connectivity index (χ0v) is 12.6. The Bertz CT molecular complexity index is 633. The maximum atomic E-state index is 12.4. The first kappa shape index (κ1) is 14.0. The second-order valence-corrected chi connectivity index (χ2v) is 6.77. The summed E-state index contributed by atoms with van der Waals surface area (Å²) in [6, 6.07) is 8.95. The first-order valence-corrected chi connectivity index (χ1v) is 7.36. The zero-order chi connectivity index (χ0) is 15.3. The molecule has 3 rings (SSSR count). The number of amides is 2. The van der Waals surface area contributed by atoms with Gasteiger partial charge < -0.3 is 5.32 Å². The van der Waals surface area contributed by atoms with Crippen molar-refractivity contribution in [2.75, 3.05) is 0 Å². The average molecular weight is 284 g/mol. The summed E-state index contributed by atoms with van der Waals surface area (Å²) in [5.41, 5.74) is 0.000771. The zero-order valence-electron chi connectivity index (χ0n) is 12.6. The number of rotatable bonds is 1. The maximum absolute atomic E-state index is 12.4. The molecule has 0 spiro atoms. The molecule has 0 unspecified atom stereocenters. The van der Waals surface area contributed by atoms with Gasteiger partial charge in [0.05, 0.1) is 5.41 Å². The monoisotopic (exact) mass is 284 g/mol. The molecular formula is C17H20N2O2. The van der Waals surface area contributed by atoms with Crippen LogP contribution in [0.3, 0.4) is 0 Å². The van der Waals surface area contributed by atoms with Gasteiger partial charge in [0.1, 0.15) is 5.84 Å². The minimum absolute atomic E-state index is 0.0131. The molecule has 2 bridgehead atoms. The Balaban J connectivity index is 1.96. The summed E-state index contributed by atoms with van der Waals surface area (Å²) in [4.78, 5) is 28.9. The molecule has 4 nitrogen and oxygen atoms in total. The van der Waals surface area contributed by atoms with Crippen molar-refractivity contribution in [2.45, 2.75) is 33.6 Å². The van der Waals surface area contributed by atoms with Crippen molar-refractivity contribution in [3.8, 4) is 0 Å². The second-order valence-electron chi connectivity index (χ2n) is 6.77. The van der Waals surface area contributed by atoms with E-state index in [-0.39, 0.29) is 28.6 Å².